The van der Waals surface area contributed by atoms with Crippen molar-refractivity contribution < 1.29 is 17.7 Å². The number of aryl methyl sites for hydroxylation is 3. The van der Waals surface area contributed by atoms with Crippen molar-refractivity contribution in [3.05, 3.63) is 89.2 Å². The largest absolute Gasteiger partial charge is 0.494 e. The molecule has 0 aliphatic heterocycles. The van der Waals surface area contributed by atoms with E-state index in [0.717, 1.165) is 54.0 Å². The predicted molar refractivity (Wildman–Crippen MR) is 192 cm³/mol. The lowest BCUT2D eigenvalue weighted by atomic mass is 10.0. The Hall–Kier alpha value is -2.70. The van der Waals surface area contributed by atoms with Crippen molar-refractivity contribution in [1.82, 2.24) is 4.31 Å². The van der Waals surface area contributed by atoms with Gasteiger partial charge in [0.2, 0.25) is 10.0 Å². The fourth-order valence-electron chi connectivity index (χ4n) is 5.97. The van der Waals surface area contributed by atoms with Crippen molar-refractivity contribution in [2.45, 2.75) is 149 Å². The van der Waals surface area contributed by atoms with Gasteiger partial charge in [0, 0.05) is 31.1 Å². The van der Waals surface area contributed by atoms with E-state index in [1.54, 1.807) is 16.4 Å². The molecular weight excluding hydrogens is 589 g/mol. The van der Waals surface area contributed by atoms with Crippen LogP contribution in [0.1, 0.15) is 132 Å². The third-order valence-electron chi connectivity index (χ3n) is 8.85. The van der Waals surface area contributed by atoms with Crippen molar-refractivity contribution in [1.29, 1.82) is 0 Å². The first-order valence-electron chi connectivity index (χ1n) is 18.1. The molecule has 46 heavy (non-hydrogen) atoms. The van der Waals surface area contributed by atoms with Gasteiger partial charge in [-0.15, -0.1) is 0 Å². The molecule has 0 amide bonds. The summed E-state index contributed by atoms with van der Waals surface area (Å²) in [5, 5.41) is 0. The monoisotopic (exact) mass is 649 g/mol. The Labute approximate surface area is 281 Å². The number of aromatic nitrogens is 1. The smallest absolute Gasteiger partial charge is 0.243 e. The zero-order valence-corrected chi connectivity index (χ0v) is 30.1. The number of benzene rings is 2. The van der Waals surface area contributed by atoms with Crippen LogP contribution in [0, 0.1) is 13.8 Å². The molecule has 5 nitrogen and oxygen atoms in total. The summed E-state index contributed by atoms with van der Waals surface area (Å²) in [5.41, 5.74) is 4.03. The van der Waals surface area contributed by atoms with E-state index >= 15 is 0 Å². The number of hydrogen-bond donors (Lipinski definition) is 0. The molecule has 0 unspecified atom stereocenters. The zero-order valence-electron chi connectivity index (χ0n) is 29.3. The highest BCUT2D eigenvalue weighted by Gasteiger charge is 2.26. The lowest BCUT2D eigenvalue weighted by molar-refractivity contribution is -0.697. The van der Waals surface area contributed by atoms with Crippen LogP contribution in [0.3, 0.4) is 0 Å². The van der Waals surface area contributed by atoms with E-state index in [4.69, 9.17) is 4.74 Å². The van der Waals surface area contributed by atoms with E-state index in [2.05, 4.69) is 24.6 Å². The maximum absolute atomic E-state index is 13.9. The fourth-order valence-corrected chi connectivity index (χ4v) is 7.37. The van der Waals surface area contributed by atoms with Gasteiger partial charge in [-0.05, 0) is 61.7 Å². The summed E-state index contributed by atoms with van der Waals surface area (Å²) in [6.07, 6.45) is 23.9. The molecule has 0 saturated heterocycles. The van der Waals surface area contributed by atoms with E-state index in [-0.39, 0.29) is 0 Å². The number of unbranched alkanes of at least 4 members (excludes halogenated alkanes) is 13. The molecule has 0 atom stereocenters. The highest BCUT2D eigenvalue weighted by atomic mass is 32.2. The second kappa shape index (κ2) is 21.2. The number of sulfonamides is 1. The van der Waals surface area contributed by atoms with Gasteiger partial charge in [-0.1, -0.05) is 121 Å². The van der Waals surface area contributed by atoms with Crippen molar-refractivity contribution in [2.75, 3.05) is 6.61 Å². The van der Waals surface area contributed by atoms with Gasteiger partial charge in [0.25, 0.3) is 0 Å². The Morgan fingerprint density at radius 2 is 1.30 bits per heavy atom. The van der Waals surface area contributed by atoms with E-state index in [1.807, 2.05) is 62.5 Å². The van der Waals surface area contributed by atoms with Crippen molar-refractivity contribution in [2.24, 2.45) is 0 Å². The number of rotatable bonds is 24. The van der Waals surface area contributed by atoms with Crippen molar-refractivity contribution in [3.63, 3.8) is 0 Å². The fraction of sp³-hybridized carbons (Fsp3) is 0.575. The summed E-state index contributed by atoms with van der Waals surface area (Å²) in [4.78, 5) is 0.321. The second-order valence-corrected chi connectivity index (χ2v) is 15.0. The van der Waals surface area contributed by atoms with Crippen LogP contribution in [0.15, 0.2) is 71.9 Å². The third kappa shape index (κ3) is 13.6. The van der Waals surface area contributed by atoms with Crippen LogP contribution in [0.2, 0.25) is 0 Å². The summed E-state index contributed by atoms with van der Waals surface area (Å²) in [6, 6.07) is 17.2. The average Bonchev–Trinajstić information content (AvgIpc) is 3.04. The van der Waals surface area contributed by atoms with Gasteiger partial charge >= 0.3 is 0 Å². The van der Waals surface area contributed by atoms with E-state index in [1.165, 1.54) is 83.5 Å². The maximum atomic E-state index is 13.9. The minimum absolute atomic E-state index is 0.296. The lowest BCUT2D eigenvalue weighted by Crippen LogP contribution is -2.35. The van der Waals surface area contributed by atoms with Crippen LogP contribution >= 0.6 is 0 Å². The molecular formula is C40H61N2O3S+. The molecule has 6 heteroatoms. The van der Waals surface area contributed by atoms with Crippen molar-refractivity contribution in [3.8, 4) is 5.75 Å². The highest BCUT2D eigenvalue weighted by molar-refractivity contribution is 7.89. The van der Waals surface area contributed by atoms with E-state index in [0.29, 0.717) is 18.0 Å². The second-order valence-electron chi connectivity index (χ2n) is 13.1. The molecule has 1 aromatic heterocycles. The number of ether oxygens (including phenoxy) is 1. The molecule has 0 fully saturated rings. The normalized spacial score (nSPS) is 11.8. The number of nitrogens with zero attached hydrogens (tertiary/aromatic N) is 2. The molecule has 0 saturated carbocycles. The third-order valence-corrected chi connectivity index (χ3v) is 10.7. The maximum Gasteiger partial charge on any atom is 0.243 e. The van der Waals surface area contributed by atoms with Gasteiger partial charge in [-0.25, -0.2) is 13.0 Å². The Balaban J connectivity index is 1.47. The Bertz CT molecular complexity index is 1370. The van der Waals surface area contributed by atoms with Gasteiger partial charge in [-0.3, -0.25) is 0 Å². The summed E-state index contributed by atoms with van der Waals surface area (Å²) in [7, 11) is -3.71. The van der Waals surface area contributed by atoms with Crippen LogP contribution in [-0.4, -0.2) is 19.3 Å². The summed E-state index contributed by atoms with van der Waals surface area (Å²) >= 11 is 0. The molecule has 0 bridgehead atoms. The van der Waals surface area contributed by atoms with E-state index < -0.39 is 10.0 Å². The van der Waals surface area contributed by atoms with Gasteiger partial charge in [0.05, 0.1) is 11.5 Å². The topological polar surface area (TPSA) is 50.5 Å². The van der Waals surface area contributed by atoms with Crippen LogP contribution in [0.4, 0.5) is 0 Å². The zero-order chi connectivity index (χ0) is 33.0. The van der Waals surface area contributed by atoms with Crippen LogP contribution in [0.25, 0.3) is 0 Å². The quantitative estimate of drug-likeness (QED) is 0.0717. The Morgan fingerprint density at radius 1 is 0.696 bits per heavy atom. The lowest BCUT2D eigenvalue weighted by Gasteiger charge is -2.23. The van der Waals surface area contributed by atoms with Crippen molar-refractivity contribution >= 4 is 10.0 Å². The van der Waals surface area contributed by atoms with Gasteiger partial charge < -0.3 is 4.74 Å². The number of pyridine rings is 1. The standard InChI is InChI=1S/C40H61N2O3S/c1-5-7-8-9-10-11-12-13-14-15-16-17-18-19-30-45-39-25-24-38(36(4)31-39)34-42(33-37-21-20-29-41(32-37)28-6-2)46(43,44)40-26-22-35(3)23-27-40/h20-27,29,31-32H,5-19,28,30,33-34H2,1-4H3/q+1. The molecule has 254 valence electrons. The molecule has 0 radical (unpaired) electrons. The first-order valence-corrected chi connectivity index (χ1v) is 19.5. The molecule has 0 spiro atoms. The molecule has 3 aromatic rings. The molecule has 0 N–H and O–H groups in total. The number of hydrogen-bond acceptors (Lipinski definition) is 3. The molecule has 1 heterocycles. The molecule has 2 aromatic carbocycles. The van der Waals surface area contributed by atoms with Gasteiger partial charge in [0.15, 0.2) is 12.4 Å². The Kier molecular flexibility index (Phi) is 17.4. The average molecular weight is 650 g/mol. The van der Waals surface area contributed by atoms with Crippen LogP contribution < -0.4 is 9.30 Å². The molecule has 3 rings (SSSR count). The molecule has 0 aliphatic carbocycles. The van der Waals surface area contributed by atoms with E-state index in [9.17, 15) is 8.42 Å². The van der Waals surface area contributed by atoms with Crippen LogP contribution in [-0.2, 0) is 29.7 Å². The summed E-state index contributed by atoms with van der Waals surface area (Å²) < 4.78 is 37.6. The summed E-state index contributed by atoms with van der Waals surface area (Å²) in [6.45, 7) is 10.7. The minimum Gasteiger partial charge on any atom is -0.494 e. The SMILES string of the molecule is CCCCCCCCCCCCCCCCOc1ccc(CN(Cc2ccc[n+](CCC)c2)S(=O)(=O)c2ccc(C)cc2)c(C)c1. The predicted octanol–water partition coefficient (Wildman–Crippen LogP) is 10.3. The molecule has 0 aliphatic rings. The minimum atomic E-state index is -3.71. The summed E-state index contributed by atoms with van der Waals surface area (Å²) in [5.74, 6) is 0.854. The first-order chi connectivity index (χ1) is 22.3. The van der Waals surface area contributed by atoms with Gasteiger partial charge in [-0.2, -0.15) is 4.31 Å². The van der Waals surface area contributed by atoms with Gasteiger partial charge in [0.1, 0.15) is 12.3 Å². The van der Waals surface area contributed by atoms with Crippen LogP contribution in [0.5, 0.6) is 5.75 Å². The first kappa shape index (κ1) is 37.8. The Morgan fingerprint density at radius 3 is 1.89 bits per heavy atom. The highest BCUT2D eigenvalue weighted by Crippen LogP contribution is 2.25.